The highest BCUT2D eigenvalue weighted by Crippen LogP contribution is 2.36. The van der Waals surface area contributed by atoms with Crippen LogP contribution in [0.2, 0.25) is 0 Å². The van der Waals surface area contributed by atoms with E-state index in [0.717, 1.165) is 12.0 Å². The van der Waals surface area contributed by atoms with Crippen molar-refractivity contribution in [3.63, 3.8) is 0 Å². The molecule has 41 heavy (non-hydrogen) atoms. The fraction of sp³-hybridized carbons (Fsp3) is 0.469. The largest absolute Gasteiger partial charge is 0.381 e. The van der Waals surface area contributed by atoms with E-state index in [1.165, 1.54) is 12.1 Å². The average molecular weight is 563 g/mol. The fourth-order valence-corrected chi connectivity index (χ4v) is 6.14. The van der Waals surface area contributed by atoms with Crippen LogP contribution in [-0.4, -0.2) is 67.6 Å². The lowest BCUT2D eigenvalue weighted by atomic mass is 9.75. The number of halogens is 1. The van der Waals surface area contributed by atoms with Crippen molar-refractivity contribution >= 4 is 23.4 Å². The lowest BCUT2D eigenvalue weighted by molar-refractivity contribution is -0.140. The molecule has 2 fully saturated rings. The van der Waals surface area contributed by atoms with Crippen LogP contribution >= 0.6 is 0 Å². The van der Waals surface area contributed by atoms with Gasteiger partial charge in [0.2, 0.25) is 17.7 Å². The van der Waals surface area contributed by atoms with Gasteiger partial charge in [-0.25, -0.2) is 4.39 Å². The third kappa shape index (κ3) is 7.59. The summed E-state index contributed by atoms with van der Waals surface area (Å²) in [6.07, 6.45) is 7.91. The molecule has 3 atom stereocenters. The van der Waals surface area contributed by atoms with Crippen molar-refractivity contribution in [2.45, 2.75) is 50.6 Å². The Balaban J connectivity index is 1.31. The third-order valence-corrected chi connectivity index (χ3v) is 8.59. The number of ether oxygens (including phenoxy) is 1. The van der Waals surface area contributed by atoms with Crippen LogP contribution in [0.4, 0.5) is 10.1 Å². The zero-order valence-corrected chi connectivity index (χ0v) is 23.3. The van der Waals surface area contributed by atoms with Crippen molar-refractivity contribution in [3.05, 3.63) is 78.1 Å². The highest BCUT2D eigenvalue weighted by molar-refractivity contribution is 5.92. The van der Waals surface area contributed by atoms with Gasteiger partial charge < -0.3 is 20.7 Å². The van der Waals surface area contributed by atoms with Crippen LogP contribution in [0.5, 0.6) is 0 Å². The predicted octanol–water partition coefficient (Wildman–Crippen LogP) is 3.45. The van der Waals surface area contributed by atoms with E-state index in [4.69, 9.17) is 4.74 Å². The number of carbonyl (C=O) groups is 3. The Morgan fingerprint density at radius 1 is 1.02 bits per heavy atom. The van der Waals surface area contributed by atoms with Gasteiger partial charge in [0.05, 0.1) is 12.0 Å². The molecule has 2 saturated heterocycles. The Labute approximate surface area is 240 Å². The summed E-state index contributed by atoms with van der Waals surface area (Å²) < 4.78 is 18.8. The van der Waals surface area contributed by atoms with E-state index in [1.807, 2.05) is 30.3 Å². The molecule has 3 N–H and O–H groups in total. The molecule has 0 aromatic heterocycles. The van der Waals surface area contributed by atoms with Crippen LogP contribution in [0, 0.1) is 17.2 Å². The molecule has 3 heterocycles. The van der Waals surface area contributed by atoms with Crippen LogP contribution in [-0.2, 0) is 25.5 Å². The minimum absolute atomic E-state index is 0.0739. The number of likely N-dealkylation sites (tertiary alicyclic amines) is 1. The van der Waals surface area contributed by atoms with E-state index in [0.29, 0.717) is 64.1 Å². The van der Waals surface area contributed by atoms with Crippen molar-refractivity contribution in [3.8, 4) is 0 Å². The van der Waals surface area contributed by atoms with Crippen molar-refractivity contribution < 1.29 is 23.5 Å². The van der Waals surface area contributed by atoms with Crippen LogP contribution in [0.25, 0.3) is 0 Å². The SMILES string of the molecule is O=C(CN1CC[C@H]2NC(=O)[C@H](Cc3ccccc3)NC(=O)C3(CC=CC[C@H]2C1)CCOCC3)Nc1ccc(F)cc1. The Morgan fingerprint density at radius 3 is 2.54 bits per heavy atom. The summed E-state index contributed by atoms with van der Waals surface area (Å²) in [6, 6.07) is 14.7. The lowest BCUT2D eigenvalue weighted by Crippen LogP contribution is -2.58. The summed E-state index contributed by atoms with van der Waals surface area (Å²) in [7, 11) is 0. The van der Waals surface area contributed by atoms with E-state index in [9.17, 15) is 18.8 Å². The number of nitrogens with one attached hydrogen (secondary N) is 3. The smallest absolute Gasteiger partial charge is 0.243 e. The highest BCUT2D eigenvalue weighted by Gasteiger charge is 2.41. The van der Waals surface area contributed by atoms with Crippen LogP contribution < -0.4 is 16.0 Å². The molecule has 0 unspecified atom stereocenters. The number of hydrogen-bond donors (Lipinski definition) is 3. The summed E-state index contributed by atoms with van der Waals surface area (Å²) >= 11 is 0. The second kappa shape index (κ2) is 13.4. The highest BCUT2D eigenvalue weighted by atomic mass is 19.1. The van der Waals surface area contributed by atoms with E-state index in [-0.39, 0.29) is 42.0 Å². The molecule has 0 aliphatic carbocycles. The first kappa shape index (κ1) is 29.0. The van der Waals surface area contributed by atoms with Crippen molar-refractivity contribution in [2.24, 2.45) is 11.3 Å². The minimum atomic E-state index is -0.687. The fourth-order valence-electron chi connectivity index (χ4n) is 6.14. The van der Waals surface area contributed by atoms with Crippen molar-refractivity contribution in [1.29, 1.82) is 0 Å². The van der Waals surface area contributed by atoms with Gasteiger partial charge in [-0.15, -0.1) is 0 Å². The predicted molar refractivity (Wildman–Crippen MR) is 154 cm³/mol. The number of anilines is 1. The molecule has 0 saturated carbocycles. The molecule has 1 spiro atoms. The first-order valence-electron chi connectivity index (χ1n) is 14.6. The zero-order valence-electron chi connectivity index (χ0n) is 23.3. The Kier molecular flexibility index (Phi) is 9.46. The number of piperidine rings is 1. The molecule has 0 radical (unpaired) electrons. The van der Waals surface area contributed by atoms with Crippen LogP contribution in [0.3, 0.4) is 0 Å². The molecule has 2 aromatic rings. The maximum absolute atomic E-state index is 13.7. The zero-order chi connectivity index (χ0) is 28.7. The average Bonchev–Trinajstić information content (AvgIpc) is 2.98. The van der Waals surface area contributed by atoms with Gasteiger partial charge in [0.25, 0.3) is 0 Å². The number of benzene rings is 2. The standard InChI is InChI=1S/C32H39FN4O4/c33-25-9-11-26(12-10-25)34-29(38)22-37-17-13-27-24(21-37)8-4-5-14-32(15-18-41-19-16-32)31(40)36-28(30(39)35-27)20-23-6-2-1-3-7-23/h1-7,9-12,24,27-28H,8,13-22H2,(H,34,38)(H,35,39)(H,36,40)/t24-,27+,28-/m0/s1. The number of fused-ring (bicyclic) bond motifs is 1. The van der Waals surface area contributed by atoms with Gasteiger partial charge >= 0.3 is 0 Å². The summed E-state index contributed by atoms with van der Waals surface area (Å²) in [5.41, 5.74) is 0.945. The van der Waals surface area contributed by atoms with Gasteiger partial charge in [-0.3, -0.25) is 19.3 Å². The van der Waals surface area contributed by atoms with E-state index in [2.05, 4.69) is 33.0 Å². The van der Waals surface area contributed by atoms with E-state index in [1.54, 1.807) is 12.1 Å². The number of allylic oxidation sites excluding steroid dienone is 2. The second-order valence-corrected chi connectivity index (χ2v) is 11.5. The van der Waals surface area contributed by atoms with Crippen molar-refractivity contribution in [1.82, 2.24) is 15.5 Å². The van der Waals surface area contributed by atoms with Crippen LogP contribution in [0.1, 0.15) is 37.7 Å². The van der Waals surface area contributed by atoms with E-state index >= 15 is 0 Å². The van der Waals surface area contributed by atoms with Gasteiger partial charge in [-0.05, 0) is 67.9 Å². The molecule has 3 aliphatic heterocycles. The molecule has 218 valence electrons. The van der Waals surface area contributed by atoms with Crippen molar-refractivity contribution in [2.75, 3.05) is 38.2 Å². The topological polar surface area (TPSA) is 99.8 Å². The van der Waals surface area contributed by atoms with Gasteiger partial charge in [-0.2, -0.15) is 0 Å². The maximum Gasteiger partial charge on any atom is 0.243 e. The Bertz CT molecular complexity index is 1230. The Morgan fingerprint density at radius 2 is 1.78 bits per heavy atom. The molecular weight excluding hydrogens is 523 g/mol. The first-order chi connectivity index (χ1) is 19.9. The third-order valence-electron chi connectivity index (χ3n) is 8.59. The number of amides is 3. The van der Waals surface area contributed by atoms with Gasteiger partial charge in [-0.1, -0.05) is 42.5 Å². The molecule has 9 heteroatoms. The van der Waals surface area contributed by atoms with E-state index < -0.39 is 11.5 Å². The lowest BCUT2D eigenvalue weighted by Gasteiger charge is -2.40. The van der Waals surface area contributed by atoms with Gasteiger partial charge in [0.1, 0.15) is 11.9 Å². The Hall–Kier alpha value is -3.56. The molecule has 3 aliphatic rings. The molecule has 8 nitrogen and oxygen atoms in total. The summed E-state index contributed by atoms with van der Waals surface area (Å²) in [4.78, 5) is 42.2. The summed E-state index contributed by atoms with van der Waals surface area (Å²) in [5.74, 6) is -0.654. The molecule has 5 rings (SSSR count). The van der Waals surface area contributed by atoms with Gasteiger partial charge in [0, 0.05) is 44.5 Å². The maximum atomic E-state index is 13.7. The number of hydrogen-bond acceptors (Lipinski definition) is 5. The second-order valence-electron chi connectivity index (χ2n) is 11.5. The van der Waals surface area contributed by atoms with Crippen LogP contribution in [0.15, 0.2) is 66.7 Å². The minimum Gasteiger partial charge on any atom is -0.381 e. The summed E-state index contributed by atoms with van der Waals surface area (Å²) in [6.45, 7) is 2.57. The number of rotatable bonds is 5. The monoisotopic (exact) mass is 562 g/mol. The van der Waals surface area contributed by atoms with Gasteiger partial charge in [0.15, 0.2) is 0 Å². The molecular formula is C32H39FN4O4. The molecule has 0 bridgehead atoms. The quantitative estimate of drug-likeness (QED) is 0.485. The first-order valence-corrected chi connectivity index (χ1v) is 14.6. The normalized spacial score (nSPS) is 25.2. The molecule has 3 amide bonds. The number of nitrogens with zero attached hydrogens (tertiary/aromatic N) is 1. The number of carbonyl (C=O) groups excluding carboxylic acids is 3. The molecule has 2 aromatic carbocycles. The summed E-state index contributed by atoms with van der Waals surface area (Å²) in [5, 5.41) is 9.22.